The largest absolute Gasteiger partial charge is 0.456 e. The normalized spacial score (nSPS) is 19.0. The summed E-state index contributed by atoms with van der Waals surface area (Å²) >= 11 is 0. The highest BCUT2D eigenvalue weighted by Gasteiger charge is 2.23. The fourth-order valence-electron chi connectivity index (χ4n) is 3.68. The van der Waals surface area contributed by atoms with Crippen LogP contribution in [0.3, 0.4) is 0 Å². The van der Waals surface area contributed by atoms with Crippen LogP contribution in [-0.2, 0) is 4.79 Å². The molecular weight excluding hydrogens is 308 g/mol. The highest BCUT2D eigenvalue weighted by atomic mass is 16.5. The number of hydrogen-bond donors (Lipinski definition) is 0. The van der Waals surface area contributed by atoms with Crippen LogP contribution in [0, 0.1) is 5.92 Å². The molecule has 0 radical (unpaired) electrons. The Morgan fingerprint density at radius 1 is 0.920 bits per heavy atom. The van der Waals surface area contributed by atoms with Crippen LogP contribution in [0.2, 0.25) is 0 Å². The topological polar surface area (TPSA) is 26.3 Å². The Hall–Kier alpha value is -2.61. The van der Waals surface area contributed by atoms with E-state index in [9.17, 15) is 4.79 Å². The average molecular weight is 330 g/mol. The summed E-state index contributed by atoms with van der Waals surface area (Å²) in [6.07, 6.45) is 9.42. The summed E-state index contributed by atoms with van der Waals surface area (Å²) in [4.78, 5) is 12.8. The Morgan fingerprint density at radius 3 is 2.44 bits per heavy atom. The molecule has 0 saturated heterocycles. The van der Waals surface area contributed by atoms with Gasteiger partial charge in [-0.25, -0.2) is 0 Å². The van der Waals surface area contributed by atoms with E-state index in [0.717, 1.165) is 48.1 Å². The third-order valence-corrected chi connectivity index (χ3v) is 5.07. The van der Waals surface area contributed by atoms with Gasteiger partial charge >= 0.3 is 0 Å². The Labute approximate surface area is 148 Å². The van der Waals surface area contributed by atoms with Crippen LogP contribution < -0.4 is 4.74 Å². The number of fused-ring (bicyclic) bond motifs is 1. The minimum absolute atomic E-state index is 0.152. The molecule has 1 saturated carbocycles. The second kappa shape index (κ2) is 7.10. The van der Waals surface area contributed by atoms with Crippen molar-refractivity contribution in [3.8, 4) is 5.75 Å². The molecule has 4 rings (SSSR count). The smallest absolute Gasteiger partial charge is 0.162 e. The minimum Gasteiger partial charge on any atom is -0.456 e. The van der Waals surface area contributed by atoms with Crippen molar-refractivity contribution in [1.82, 2.24) is 0 Å². The third-order valence-electron chi connectivity index (χ3n) is 5.07. The number of benzene rings is 2. The first kappa shape index (κ1) is 15.9. The van der Waals surface area contributed by atoms with Gasteiger partial charge in [0, 0.05) is 23.1 Å². The summed E-state index contributed by atoms with van der Waals surface area (Å²) in [5.41, 5.74) is 3.09. The summed E-state index contributed by atoms with van der Waals surface area (Å²) in [5, 5.41) is 0. The summed E-state index contributed by atoms with van der Waals surface area (Å²) in [6, 6.07) is 18.1. The molecule has 0 aromatic heterocycles. The van der Waals surface area contributed by atoms with Crippen molar-refractivity contribution in [2.24, 2.45) is 5.92 Å². The first-order chi connectivity index (χ1) is 12.3. The van der Waals surface area contributed by atoms with Gasteiger partial charge in [0.1, 0.15) is 11.5 Å². The molecule has 0 bridgehead atoms. The quantitative estimate of drug-likeness (QED) is 0.679. The van der Waals surface area contributed by atoms with Crippen LogP contribution in [0.1, 0.15) is 43.2 Å². The van der Waals surface area contributed by atoms with Crippen LogP contribution >= 0.6 is 0 Å². The summed E-state index contributed by atoms with van der Waals surface area (Å²) in [7, 11) is 0. The van der Waals surface area contributed by atoms with Gasteiger partial charge < -0.3 is 4.74 Å². The lowest BCUT2D eigenvalue weighted by Gasteiger charge is -2.23. The van der Waals surface area contributed by atoms with Gasteiger partial charge in [-0.05, 0) is 30.5 Å². The van der Waals surface area contributed by atoms with E-state index in [1.807, 2.05) is 42.5 Å². The van der Waals surface area contributed by atoms with Crippen LogP contribution in [0.25, 0.3) is 11.6 Å². The third kappa shape index (κ3) is 3.43. The minimum atomic E-state index is 0.152. The summed E-state index contributed by atoms with van der Waals surface area (Å²) in [6.45, 7) is 0. The molecule has 0 spiro atoms. The lowest BCUT2D eigenvalue weighted by atomic mass is 9.85. The lowest BCUT2D eigenvalue weighted by Crippen LogP contribution is -2.17. The maximum Gasteiger partial charge on any atom is 0.162 e. The van der Waals surface area contributed by atoms with Crippen LogP contribution in [-0.4, -0.2) is 5.78 Å². The van der Waals surface area contributed by atoms with Gasteiger partial charge in [-0.3, -0.25) is 4.79 Å². The number of ketones is 1. The van der Waals surface area contributed by atoms with E-state index >= 15 is 0 Å². The van der Waals surface area contributed by atoms with Crippen molar-refractivity contribution in [2.45, 2.75) is 32.1 Å². The zero-order valence-electron chi connectivity index (χ0n) is 14.3. The molecule has 2 nitrogen and oxygen atoms in total. The van der Waals surface area contributed by atoms with Gasteiger partial charge in [-0.1, -0.05) is 67.8 Å². The van der Waals surface area contributed by atoms with Crippen molar-refractivity contribution in [1.29, 1.82) is 0 Å². The SMILES string of the molecule is O=C(/C=C1\Oc2ccccc2C=C1c1ccccc1)C1CCCCC1. The lowest BCUT2D eigenvalue weighted by molar-refractivity contribution is -0.119. The van der Waals surface area contributed by atoms with Crippen molar-refractivity contribution < 1.29 is 9.53 Å². The number of carbonyl (C=O) groups is 1. The molecular formula is C23H22O2. The number of allylic oxidation sites excluding steroid dienone is 2. The molecule has 1 aliphatic heterocycles. The van der Waals surface area contributed by atoms with E-state index in [1.165, 1.54) is 6.42 Å². The predicted octanol–water partition coefficient (Wildman–Crippen LogP) is 5.65. The van der Waals surface area contributed by atoms with E-state index < -0.39 is 0 Å². The predicted molar refractivity (Wildman–Crippen MR) is 101 cm³/mol. The zero-order valence-corrected chi connectivity index (χ0v) is 14.3. The molecule has 2 heteroatoms. The fourth-order valence-corrected chi connectivity index (χ4v) is 3.68. The van der Waals surface area contributed by atoms with Gasteiger partial charge in [0.15, 0.2) is 5.78 Å². The van der Waals surface area contributed by atoms with Crippen LogP contribution in [0.15, 0.2) is 66.4 Å². The molecule has 2 aromatic rings. The molecule has 126 valence electrons. The van der Waals surface area contributed by atoms with Gasteiger partial charge in [0.2, 0.25) is 0 Å². The Bertz CT molecular complexity index is 824. The van der Waals surface area contributed by atoms with Crippen LogP contribution in [0.4, 0.5) is 0 Å². The van der Waals surface area contributed by atoms with E-state index in [-0.39, 0.29) is 11.7 Å². The molecule has 0 atom stereocenters. The molecule has 0 unspecified atom stereocenters. The molecule has 0 N–H and O–H groups in total. The Morgan fingerprint density at radius 2 is 1.64 bits per heavy atom. The number of rotatable bonds is 3. The van der Waals surface area contributed by atoms with Crippen LogP contribution in [0.5, 0.6) is 5.75 Å². The molecule has 1 heterocycles. The second-order valence-corrected chi connectivity index (χ2v) is 6.81. The van der Waals surface area contributed by atoms with E-state index in [4.69, 9.17) is 4.74 Å². The second-order valence-electron chi connectivity index (χ2n) is 6.81. The average Bonchev–Trinajstić information content (AvgIpc) is 2.69. The maximum atomic E-state index is 12.8. The number of ether oxygens (including phenoxy) is 1. The summed E-state index contributed by atoms with van der Waals surface area (Å²) < 4.78 is 6.13. The van der Waals surface area contributed by atoms with Crippen molar-refractivity contribution in [2.75, 3.05) is 0 Å². The van der Waals surface area contributed by atoms with Gasteiger partial charge in [0.05, 0.1) is 0 Å². The summed E-state index contributed by atoms with van der Waals surface area (Å²) in [5.74, 6) is 1.83. The fraction of sp³-hybridized carbons (Fsp3) is 0.261. The number of hydrogen-bond acceptors (Lipinski definition) is 2. The first-order valence-electron chi connectivity index (χ1n) is 9.11. The van der Waals surface area contributed by atoms with E-state index in [1.54, 1.807) is 6.08 Å². The zero-order chi connectivity index (χ0) is 17.1. The van der Waals surface area contributed by atoms with Gasteiger partial charge in [-0.2, -0.15) is 0 Å². The van der Waals surface area contributed by atoms with Crippen molar-refractivity contribution in [3.63, 3.8) is 0 Å². The highest BCUT2D eigenvalue weighted by molar-refractivity contribution is 6.00. The van der Waals surface area contributed by atoms with Crippen molar-refractivity contribution in [3.05, 3.63) is 77.6 Å². The monoisotopic (exact) mass is 330 g/mol. The molecule has 1 aliphatic carbocycles. The standard InChI is InChI=1S/C23H22O2/c24-21(18-11-5-2-6-12-18)16-23-20(17-9-3-1-4-10-17)15-19-13-7-8-14-22(19)25-23/h1,3-4,7-10,13-16,18H,2,5-6,11-12H2/b23-16-. The molecule has 25 heavy (non-hydrogen) atoms. The number of carbonyl (C=O) groups excluding carboxylic acids is 1. The Balaban J connectivity index is 1.72. The maximum absolute atomic E-state index is 12.8. The molecule has 1 fully saturated rings. The van der Waals surface area contributed by atoms with Gasteiger partial charge in [0.25, 0.3) is 0 Å². The molecule has 2 aromatic carbocycles. The molecule has 2 aliphatic rings. The number of para-hydroxylation sites is 1. The van der Waals surface area contributed by atoms with E-state index in [0.29, 0.717) is 5.76 Å². The van der Waals surface area contributed by atoms with E-state index in [2.05, 4.69) is 18.2 Å². The highest BCUT2D eigenvalue weighted by Crippen LogP contribution is 2.37. The van der Waals surface area contributed by atoms with Crippen molar-refractivity contribution >= 4 is 17.4 Å². The Kier molecular flexibility index (Phi) is 4.51. The molecule has 0 amide bonds. The first-order valence-corrected chi connectivity index (χ1v) is 9.11. The van der Waals surface area contributed by atoms with Gasteiger partial charge in [-0.15, -0.1) is 0 Å².